The molecule has 4 N–H and O–H groups in total. The van der Waals surface area contributed by atoms with Gasteiger partial charge in [0.25, 0.3) is 0 Å². The Balaban J connectivity index is 1.19. The molecule has 2 aromatic carbocycles. The highest BCUT2D eigenvalue weighted by molar-refractivity contribution is 5.79. The minimum Gasteiger partial charge on any atom is -0.481 e. The van der Waals surface area contributed by atoms with Crippen LogP contribution in [0.4, 0.5) is 4.79 Å². The number of hydrogen-bond donors (Lipinski definition) is 4. The minimum absolute atomic E-state index is 0.0572. The van der Waals surface area contributed by atoms with Gasteiger partial charge in [0, 0.05) is 19.0 Å². The summed E-state index contributed by atoms with van der Waals surface area (Å²) in [5.41, 5.74) is 4.51. The Labute approximate surface area is 204 Å². The Morgan fingerprint density at radius 2 is 1.57 bits per heavy atom. The largest absolute Gasteiger partial charge is 0.481 e. The molecule has 2 aliphatic rings. The number of hydrogen-bond acceptors (Lipinski definition) is 5. The predicted octanol–water partition coefficient (Wildman–Crippen LogP) is 3.28. The van der Waals surface area contributed by atoms with Crippen molar-refractivity contribution in [1.29, 1.82) is 0 Å². The van der Waals surface area contributed by atoms with Crippen LogP contribution in [-0.4, -0.2) is 54.0 Å². The molecule has 8 heteroatoms. The average molecular weight is 481 g/mol. The van der Waals surface area contributed by atoms with Gasteiger partial charge in [0.15, 0.2) is 0 Å². The van der Waals surface area contributed by atoms with Crippen molar-refractivity contribution in [3.05, 3.63) is 59.7 Å². The van der Waals surface area contributed by atoms with Crippen molar-refractivity contribution >= 4 is 18.0 Å². The molecule has 1 saturated carbocycles. The van der Waals surface area contributed by atoms with E-state index in [4.69, 9.17) is 4.74 Å². The van der Waals surface area contributed by atoms with Crippen LogP contribution in [0.5, 0.6) is 0 Å². The summed E-state index contributed by atoms with van der Waals surface area (Å²) in [6.45, 7) is 0.330. The van der Waals surface area contributed by atoms with Gasteiger partial charge in [-0.1, -0.05) is 61.4 Å². The van der Waals surface area contributed by atoms with Crippen molar-refractivity contribution in [1.82, 2.24) is 10.6 Å². The molecule has 1 unspecified atom stereocenters. The fraction of sp³-hybridized carbons (Fsp3) is 0.444. The number of aliphatic hydroxyl groups is 1. The van der Waals surface area contributed by atoms with Gasteiger partial charge in [-0.05, 0) is 41.0 Å². The molecule has 0 aromatic heterocycles. The summed E-state index contributed by atoms with van der Waals surface area (Å²) in [7, 11) is 0. The van der Waals surface area contributed by atoms with Gasteiger partial charge in [0.05, 0.1) is 18.4 Å². The van der Waals surface area contributed by atoms with Gasteiger partial charge >= 0.3 is 12.1 Å². The van der Waals surface area contributed by atoms with Crippen LogP contribution in [0.2, 0.25) is 0 Å². The first-order valence-electron chi connectivity index (χ1n) is 12.2. The molecular formula is C27H32N2O6. The molecule has 2 amide bonds. The number of nitrogens with one attached hydrogen (secondary N) is 2. The van der Waals surface area contributed by atoms with Crippen molar-refractivity contribution in [2.24, 2.45) is 11.8 Å². The van der Waals surface area contributed by atoms with E-state index in [9.17, 15) is 24.6 Å². The van der Waals surface area contributed by atoms with E-state index in [-0.39, 0.29) is 43.9 Å². The third-order valence-electron chi connectivity index (χ3n) is 7.03. The van der Waals surface area contributed by atoms with Crippen LogP contribution >= 0.6 is 0 Å². The number of carbonyl (C=O) groups is 3. The number of ether oxygens (including phenoxy) is 1. The maximum atomic E-state index is 12.2. The van der Waals surface area contributed by atoms with Crippen molar-refractivity contribution in [3.8, 4) is 11.1 Å². The molecule has 0 bridgehead atoms. The smallest absolute Gasteiger partial charge is 0.407 e. The van der Waals surface area contributed by atoms with Crippen LogP contribution in [0.1, 0.15) is 49.1 Å². The lowest BCUT2D eigenvalue weighted by Crippen LogP contribution is -2.40. The van der Waals surface area contributed by atoms with Crippen LogP contribution in [0.25, 0.3) is 11.1 Å². The Morgan fingerprint density at radius 1 is 0.943 bits per heavy atom. The van der Waals surface area contributed by atoms with Gasteiger partial charge in [0.2, 0.25) is 5.91 Å². The summed E-state index contributed by atoms with van der Waals surface area (Å²) in [6.07, 6.45) is 1.33. The molecule has 8 nitrogen and oxygen atoms in total. The number of carboxylic acid groups (broad SMARTS) is 1. The van der Waals surface area contributed by atoms with Crippen molar-refractivity contribution < 1.29 is 29.3 Å². The molecule has 0 radical (unpaired) electrons. The Hall–Kier alpha value is -3.39. The van der Waals surface area contributed by atoms with Crippen LogP contribution in [-0.2, 0) is 14.3 Å². The number of aliphatic hydroxyl groups excluding tert-OH is 1. The van der Waals surface area contributed by atoms with Gasteiger partial charge in [-0.2, -0.15) is 0 Å². The SMILES string of the molecule is O=C(CC(O)CNC(=O)OCC1c2ccccc2-c2ccccc21)NC[C@H]1CCCC[C@H]1C(=O)O. The number of carboxylic acids is 1. The molecule has 3 atom stereocenters. The van der Waals surface area contributed by atoms with Gasteiger partial charge < -0.3 is 25.6 Å². The molecule has 0 saturated heterocycles. The summed E-state index contributed by atoms with van der Waals surface area (Å²) in [5.74, 6) is -1.79. The molecule has 0 spiro atoms. The monoisotopic (exact) mass is 480 g/mol. The predicted molar refractivity (Wildman–Crippen MR) is 130 cm³/mol. The first-order chi connectivity index (χ1) is 16.9. The summed E-state index contributed by atoms with van der Waals surface area (Å²) >= 11 is 0. The van der Waals surface area contributed by atoms with E-state index in [1.807, 2.05) is 36.4 Å². The van der Waals surface area contributed by atoms with E-state index >= 15 is 0 Å². The molecule has 186 valence electrons. The molecule has 0 heterocycles. The Morgan fingerprint density at radius 3 is 2.23 bits per heavy atom. The van der Waals surface area contributed by atoms with E-state index in [2.05, 4.69) is 22.8 Å². The second-order valence-corrected chi connectivity index (χ2v) is 9.36. The summed E-state index contributed by atoms with van der Waals surface area (Å²) in [4.78, 5) is 35.8. The van der Waals surface area contributed by atoms with Gasteiger partial charge in [-0.3, -0.25) is 9.59 Å². The van der Waals surface area contributed by atoms with E-state index in [1.54, 1.807) is 0 Å². The summed E-state index contributed by atoms with van der Waals surface area (Å²) in [5, 5.41) is 24.8. The summed E-state index contributed by atoms with van der Waals surface area (Å²) in [6, 6.07) is 16.1. The van der Waals surface area contributed by atoms with Crippen LogP contribution < -0.4 is 10.6 Å². The summed E-state index contributed by atoms with van der Waals surface area (Å²) < 4.78 is 5.44. The highest BCUT2D eigenvalue weighted by atomic mass is 16.5. The van der Waals surface area contributed by atoms with E-state index < -0.39 is 24.1 Å². The van der Waals surface area contributed by atoms with Crippen LogP contribution in [0.3, 0.4) is 0 Å². The number of aliphatic carboxylic acids is 1. The molecule has 4 rings (SSSR count). The van der Waals surface area contributed by atoms with Gasteiger partial charge in [0.1, 0.15) is 6.61 Å². The Kier molecular flexibility index (Phi) is 8.02. The third-order valence-corrected chi connectivity index (χ3v) is 7.03. The van der Waals surface area contributed by atoms with Crippen LogP contribution in [0.15, 0.2) is 48.5 Å². The number of amides is 2. The Bertz CT molecular complexity index is 1030. The molecule has 0 aliphatic heterocycles. The molecule has 2 aliphatic carbocycles. The topological polar surface area (TPSA) is 125 Å². The van der Waals surface area contributed by atoms with E-state index in [1.165, 1.54) is 0 Å². The fourth-order valence-corrected chi connectivity index (χ4v) is 5.23. The lowest BCUT2D eigenvalue weighted by atomic mass is 9.79. The molecule has 2 aromatic rings. The van der Waals surface area contributed by atoms with Gasteiger partial charge in [-0.15, -0.1) is 0 Å². The number of fused-ring (bicyclic) bond motifs is 3. The van der Waals surface area contributed by atoms with Gasteiger partial charge in [-0.25, -0.2) is 4.79 Å². The zero-order valence-electron chi connectivity index (χ0n) is 19.6. The molecule has 1 fully saturated rings. The van der Waals surface area contributed by atoms with Crippen LogP contribution in [0, 0.1) is 11.8 Å². The molecule has 35 heavy (non-hydrogen) atoms. The zero-order chi connectivity index (χ0) is 24.8. The number of alkyl carbamates (subject to hydrolysis) is 1. The second kappa shape index (κ2) is 11.4. The molecular weight excluding hydrogens is 448 g/mol. The average Bonchev–Trinajstić information content (AvgIpc) is 3.19. The first kappa shape index (κ1) is 24.7. The maximum Gasteiger partial charge on any atom is 0.407 e. The second-order valence-electron chi connectivity index (χ2n) is 9.36. The van der Waals surface area contributed by atoms with E-state index in [0.717, 1.165) is 41.5 Å². The van der Waals surface area contributed by atoms with E-state index in [0.29, 0.717) is 6.42 Å². The zero-order valence-corrected chi connectivity index (χ0v) is 19.6. The standard InChI is InChI=1S/C27H32N2O6/c30-18(13-25(31)28-14-17-7-1-2-8-19(17)26(32)33)15-29-27(34)35-16-24-22-11-5-3-9-20(22)21-10-4-6-12-23(21)24/h3-6,9-12,17-19,24,30H,1-2,7-8,13-16H2,(H,28,31)(H,29,34)(H,32,33)/t17-,18?,19-/m1/s1. The van der Waals surface area contributed by atoms with Crippen molar-refractivity contribution in [2.45, 2.75) is 44.1 Å². The normalized spacial score (nSPS) is 19.8. The first-order valence-corrected chi connectivity index (χ1v) is 12.2. The van der Waals surface area contributed by atoms with Crippen molar-refractivity contribution in [2.75, 3.05) is 19.7 Å². The maximum absolute atomic E-state index is 12.2. The minimum atomic E-state index is -1.07. The third kappa shape index (κ3) is 6.00. The highest BCUT2D eigenvalue weighted by Gasteiger charge is 2.31. The number of rotatable bonds is 9. The fourth-order valence-electron chi connectivity index (χ4n) is 5.23. The highest BCUT2D eigenvalue weighted by Crippen LogP contribution is 2.44. The lowest BCUT2D eigenvalue weighted by molar-refractivity contribution is -0.145. The number of carbonyl (C=O) groups excluding carboxylic acids is 2. The number of benzene rings is 2. The lowest BCUT2D eigenvalue weighted by Gasteiger charge is -2.28. The van der Waals surface area contributed by atoms with Crippen molar-refractivity contribution in [3.63, 3.8) is 0 Å². The quantitative estimate of drug-likeness (QED) is 0.437.